The lowest BCUT2D eigenvalue weighted by atomic mass is 9.86. The Morgan fingerprint density at radius 3 is 2.56 bits per heavy atom. The number of amidine groups is 1. The van der Waals surface area contributed by atoms with Crippen LogP contribution in [-0.4, -0.2) is 24.1 Å². The summed E-state index contributed by atoms with van der Waals surface area (Å²) >= 11 is 0. The summed E-state index contributed by atoms with van der Waals surface area (Å²) in [5, 5.41) is 15.3. The maximum atomic E-state index is 8.68. The predicted octanol–water partition coefficient (Wildman–Crippen LogP) is 2.56. The number of nitrogens with one attached hydrogen (secondary N) is 1. The molecule has 0 aromatic rings. The van der Waals surface area contributed by atoms with Crippen LogP contribution in [0.5, 0.6) is 0 Å². The van der Waals surface area contributed by atoms with Gasteiger partial charge in [-0.2, -0.15) is 0 Å². The molecule has 1 aliphatic rings. The summed E-state index contributed by atoms with van der Waals surface area (Å²) in [6.45, 7) is 10.9. The smallest absolute Gasteiger partial charge is 0.144 e. The molecule has 0 heterocycles. The van der Waals surface area contributed by atoms with Crippen LogP contribution < -0.4 is 11.1 Å². The van der Waals surface area contributed by atoms with Crippen LogP contribution >= 0.6 is 0 Å². The SMILES string of the molecule is CC(C)(CCCCNCC1CC1(C)C)C(N)=NO. The normalized spacial score (nSPS) is 23.1. The van der Waals surface area contributed by atoms with Gasteiger partial charge >= 0.3 is 0 Å². The van der Waals surface area contributed by atoms with E-state index in [9.17, 15) is 0 Å². The molecular weight excluding hydrogens is 226 g/mol. The number of nitrogens with two attached hydrogens (primary N) is 1. The van der Waals surface area contributed by atoms with Gasteiger partial charge in [0.15, 0.2) is 0 Å². The van der Waals surface area contributed by atoms with Crippen molar-refractivity contribution in [3.8, 4) is 0 Å². The van der Waals surface area contributed by atoms with Gasteiger partial charge in [-0.15, -0.1) is 0 Å². The average Bonchev–Trinajstić information content (AvgIpc) is 2.90. The first-order valence-electron chi connectivity index (χ1n) is 6.98. The summed E-state index contributed by atoms with van der Waals surface area (Å²) in [5.74, 6) is 1.20. The molecule has 0 amide bonds. The number of unbranched alkanes of at least 4 members (excludes halogenated alkanes) is 1. The molecule has 0 aromatic heterocycles. The van der Waals surface area contributed by atoms with Gasteiger partial charge in [0.05, 0.1) is 0 Å². The molecule has 4 heteroatoms. The summed E-state index contributed by atoms with van der Waals surface area (Å²) in [6.07, 6.45) is 4.57. The van der Waals surface area contributed by atoms with E-state index in [0.717, 1.165) is 38.3 Å². The Morgan fingerprint density at radius 1 is 1.44 bits per heavy atom. The molecule has 0 bridgehead atoms. The largest absolute Gasteiger partial charge is 0.409 e. The zero-order valence-corrected chi connectivity index (χ0v) is 12.3. The standard InChI is InChI=1S/C14H29N3O/c1-13(2,12(15)17-18)7-5-6-8-16-10-11-9-14(11,3)4/h11,16,18H,5-10H2,1-4H3,(H2,15,17). The summed E-state index contributed by atoms with van der Waals surface area (Å²) in [5.41, 5.74) is 6.02. The van der Waals surface area contributed by atoms with Crippen molar-refractivity contribution in [2.75, 3.05) is 13.1 Å². The fourth-order valence-corrected chi connectivity index (χ4v) is 2.28. The molecule has 1 rings (SSSR count). The van der Waals surface area contributed by atoms with E-state index in [-0.39, 0.29) is 5.41 Å². The molecule has 0 aromatic carbocycles. The highest BCUT2D eigenvalue weighted by molar-refractivity contribution is 5.85. The number of oxime groups is 1. The van der Waals surface area contributed by atoms with Gasteiger partial charge in [0, 0.05) is 5.41 Å². The van der Waals surface area contributed by atoms with Gasteiger partial charge in [0.25, 0.3) is 0 Å². The third kappa shape index (κ3) is 4.48. The quantitative estimate of drug-likeness (QED) is 0.205. The molecule has 0 radical (unpaired) electrons. The molecule has 0 saturated heterocycles. The highest BCUT2D eigenvalue weighted by Gasteiger charge is 2.44. The minimum atomic E-state index is -0.201. The van der Waals surface area contributed by atoms with E-state index in [2.05, 4.69) is 24.3 Å². The van der Waals surface area contributed by atoms with Gasteiger partial charge in [-0.3, -0.25) is 0 Å². The Labute approximate surface area is 111 Å². The van der Waals surface area contributed by atoms with Crippen molar-refractivity contribution >= 4 is 5.84 Å². The van der Waals surface area contributed by atoms with Crippen LogP contribution in [0.1, 0.15) is 53.4 Å². The molecule has 1 atom stereocenters. The second-order valence-electron chi connectivity index (χ2n) is 6.92. The van der Waals surface area contributed by atoms with Crippen molar-refractivity contribution in [3.63, 3.8) is 0 Å². The lowest BCUT2D eigenvalue weighted by molar-refractivity contribution is 0.304. The summed E-state index contributed by atoms with van der Waals surface area (Å²) in [6, 6.07) is 0. The minimum Gasteiger partial charge on any atom is -0.409 e. The molecule has 1 aliphatic carbocycles. The van der Waals surface area contributed by atoms with Gasteiger partial charge in [-0.05, 0) is 43.7 Å². The zero-order valence-electron chi connectivity index (χ0n) is 12.3. The van der Waals surface area contributed by atoms with E-state index >= 15 is 0 Å². The molecule has 4 nitrogen and oxygen atoms in total. The average molecular weight is 255 g/mol. The van der Waals surface area contributed by atoms with E-state index in [1.165, 1.54) is 6.42 Å². The number of rotatable bonds is 8. The zero-order chi connectivity index (χ0) is 13.8. The topological polar surface area (TPSA) is 70.6 Å². The van der Waals surface area contributed by atoms with Crippen LogP contribution in [0.15, 0.2) is 5.16 Å². The minimum absolute atomic E-state index is 0.201. The van der Waals surface area contributed by atoms with E-state index in [0.29, 0.717) is 11.3 Å². The van der Waals surface area contributed by atoms with Gasteiger partial charge in [0.1, 0.15) is 5.84 Å². The summed E-state index contributed by atoms with van der Waals surface area (Å²) < 4.78 is 0. The third-order valence-corrected chi connectivity index (χ3v) is 4.31. The Balaban J connectivity index is 2.02. The van der Waals surface area contributed by atoms with Gasteiger partial charge in [0.2, 0.25) is 0 Å². The molecule has 4 N–H and O–H groups in total. The fourth-order valence-electron chi connectivity index (χ4n) is 2.28. The van der Waals surface area contributed by atoms with Gasteiger partial charge in [-0.25, -0.2) is 0 Å². The van der Waals surface area contributed by atoms with Crippen molar-refractivity contribution in [2.45, 2.75) is 53.4 Å². The van der Waals surface area contributed by atoms with Crippen LogP contribution in [0, 0.1) is 16.7 Å². The van der Waals surface area contributed by atoms with E-state index in [1.807, 2.05) is 13.8 Å². The Hall–Kier alpha value is -0.770. The predicted molar refractivity (Wildman–Crippen MR) is 75.8 cm³/mol. The first kappa shape index (κ1) is 15.3. The Bertz CT molecular complexity index is 297. The molecule has 0 spiro atoms. The van der Waals surface area contributed by atoms with Crippen molar-refractivity contribution in [1.82, 2.24) is 5.32 Å². The van der Waals surface area contributed by atoms with Crippen molar-refractivity contribution < 1.29 is 5.21 Å². The van der Waals surface area contributed by atoms with E-state index in [1.54, 1.807) is 0 Å². The molecule has 106 valence electrons. The van der Waals surface area contributed by atoms with Gasteiger partial charge < -0.3 is 16.3 Å². The third-order valence-electron chi connectivity index (χ3n) is 4.31. The highest BCUT2D eigenvalue weighted by atomic mass is 16.4. The molecule has 0 aliphatic heterocycles. The summed E-state index contributed by atoms with van der Waals surface area (Å²) in [4.78, 5) is 0. The second-order valence-corrected chi connectivity index (χ2v) is 6.92. The van der Waals surface area contributed by atoms with Crippen molar-refractivity contribution in [3.05, 3.63) is 0 Å². The molecule has 18 heavy (non-hydrogen) atoms. The van der Waals surface area contributed by atoms with Crippen LogP contribution in [0.25, 0.3) is 0 Å². The monoisotopic (exact) mass is 255 g/mol. The Morgan fingerprint density at radius 2 is 2.06 bits per heavy atom. The number of nitrogens with zero attached hydrogens (tertiary/aromatic N) is 1. The number of hydrogen-bond donors (Lipinski definition) is 3. The fraction of sp³-hybridized carbons (Fsp3) is 0.929. The lowest BCUT2D eigenvalue weighted by Gasteiger charge is -2.22. The van der Waals surface area contributed by atoms with E-state index < -0.39 is 0 Å². The van der Waals surface area contributed by atoms with Crippen LogP contribution in [-0.2, 0) is 0 Å². The van der Waals surface area contributed by atoms with Crippen LogP contribution in [0.2, 0.25) is 0 Å². The van der Waals surface area contributed by atoms with Crippen molar-refractivity contribution in [2.24, 2.45) is 27.6 Å². The van der Waals surface area contributed by atoms with Gasteiger partial charge in [-0.1, -0.05) is 39.3 Å². The lowest BCUT2D eigenvalue weighted by Crippen LogP contribution is -2.32. The molecular formula is C14H29N3O. The second kappa shape index (κ2) is 5.91. The Kier molecular flexibility index (Phi) is 5.02. The maximum absolute atomic E-state index is 8.68. The molecule has 1 saturated carbocycles. The first-order valence-corrected chi connectivity index (χ1v) is 6.98. The molecule has 1 fully saturated rings. The van der Waals surface area contributed by atoms with E-state index in [4.69, 9.17) is 10.9 Å². The highest BCUT2D eigenvalue weighted by Crippen LogP contribution is 2.50. The van der Waals surface area contributed by atoms with Crippen molar-refractivity contribution in [1.29, 1.82) is 0 Å². The number of hydrogen-bond acceptors (Lipinski definition) is 3. The molecule has 1 unspecified atom stereocenters. The maximum Gasteiger partial charge on any atom is 0.144 e. The van der Waals surface area contributed by atoms with Crippen LogP contribution in [0.3, 0.4) is 0 Å². The van der Waals surface area contributed by atoms with Crippen LogP contribution in [0.4, 0.5) is 0 Å². The first-order chi connectivity index (χ1) is 8.29. The summed E-state index contributed by atoms with van der Waals surface area (Å²) in [7, 11) is 0.